The summed E-state index contributed by atoms with van der Waals surface area (Å²) in [4.78, 5) is 0. The van der Waals surface area contributed by atoms with E-state index < -0.39 is 24.4 Å². The lowest BCUT2D eigenvalue weighted by molar-refractivity contribution is -0.901. The Bertz CT molecular complexity index is 231. The Morgan fingerprint density at radius 1 is 0.941 bits per heavy atom. The zero-order valence-corrected chi connectivity index (χ0v) is 10.8. The van der Waals surface area contributed by atoms with Crippen molar-refractivity contribution in [2.45, 2.75) is 50.6 Å². The predicted molar refractivity (Wildman–Crippen MR) is 64.3 cm³/mol. The molecular formula is C12H26NO4+. The molecule has 102 valence electrons. The molecule has 4 unspecified atom stereocenters. The van der Waals surface area contributed by atoms with E-state index in [0.717, 1.165) is 30.4 Å². The average Bonchev–Trinajstić information content (AvgIpc) is 2.72. The normalized spacial score (nSPS) is 26.5. The van der Waals surface area contributed by atoms with Gasteiger partial charge in [0.25, 0.3) is 0 Å². The third-order valence-electron chi connectivity index (χ3n) is 3.83. The SMILES string of the molecule is CCC(O)C(O)C(O)C(O)C[N+]1(C)CCCC1. The minimum absolute atomic E-state index is 0.358. The zero-order chi connectivity index (χ0) is 13.1. The Kier molecular flexibility index (Phi) is 5.34. The minimum atomic E-state index is -1.28. The van der Waals surface area contributed by atoms with Gasteiger partial charge in [-0.25, -0.2) is 0 Å². The molecule has 0 saturated carbocycles. The van der Waals surface area contributed by atoms with Gasteiger partial charge in [0.2, 0.25) is 0 Å². The van der Waals surface area contributed by atoms with Crippen molar-refractivity contribution in [1.82, 2.24) is 0 Å². The van der Waals surface area contributed by atoms with Crippen LogP contribution in [0.1, 0.15) is 26.2 Å². The van der Waals surface area contributed by atoms with Gasteiger partial charge >= 0.3 is 0 Å². The van der Waals surface area contributed by atoms with Crippen molar-refractivity contribution >= 4 is 0 Å². The van der Waals surface area contributed by atoms with Crippen LogP contribution in [0.5, 0.6) is 0 Å². The van der Waals surface area contributed by atoms with Crippen molar-refractivity contribution in [3.05, 3.63) is 0 Å². The number of hydrogen-bond donors (Lipinski definition) is 4. The second-order valence-electron chi connectivity index (χ2n) is 5.48. The highest BCUT2D eigenvalue weighted by Crippen LogP contribution is 2.19. The Morgan fingerprint density at radius 2 is 1.41 bits per heavy atom. The van der Waals surface area contributed by atoms with Crippen LogP contribution >= 0.6 is 0 Å². The first-order chi connectivity index (χ1) is 7.89. The molecule has 1 heterocycles. The molecule has 1 rings (SSSR count). The van der Waals surface area contributed by atoms with Crippen molar-refractivity contribution in [2.75, 3.05) is 26.7 Å². The van der Waals surface area contributed by atoms with E-state index in [2.05, 4.69) is 0 Å². The Labute approximate surface area is 103 Å². The maximum absolute atomic E-state index is 9.92. The Balaban J connectivity index is 2.48. The molecule has 1 saturated heterocycles. The Morgan fingerprint density at radius 3 is 1.88 bits per heavy atom. The van der Waals surface area contributed by atoms with Gasteiger partial charge in [-0.15, -0.1) is 0 Å². The highest BCUT2D eigenvalue weighted by Gasteiger charge is 2.36. The van der Waals surface area contributed by atoms with Crippen LogP contribution in [-0.4, -0.2) is 76.0 Å². The summed E-state index contributed by atoms with van der Waals surface area (Å²) >= 11 is 0. The molecule has 4 N–H and O–H groups in total. The van der Waals surface area contributed by atoms with Crippen LogP contribution in [0.4, 0.5) is 0 Å². The quantitative estimate of drug-likeness (QED) is 0.458. The second-order valence-corrected chi connectivity index (χ2v) is 5.48. The summed E-state index contributed by atoms with van der Waals surface area (Å²) in [6.45, 7) is 4.14. The number of nitrogens with zero attached hydrogens (tertiary/aromatic N) is 1. The predicted octanol–water partition coefficient (Wildman–Crippen LogP) is -0.920. The summed E-state index contributed by atoms with van der Waals surface area (Å²) in [5.74, 6) is 0. The van der Waals surface area contributed by atoms with Crippen molar-refractivity contribution in [3.63, 3.8) is 0 Å². The lowest BCUT2D eigenvalue weighted by Gasteiger charge is -2.34. The minimum Gasteiger partial charge on any atom is -0.390 e. The van der Waals surface area contributed by atoms with Gasteiger partial charge in [-0.1, -0.05) is 6.92 Å². The molecule has 5 heteroatoms. The molecule has 0 amide bonds. The third-order valence-corrected chi connectivity index (χ3v) is 3.83. The van der Waals surface area contributed by atoms with Crippen LogP contribution in [0.3, 0.4) is 0 Å². The van der Waals surface area contributed by atoms with Gasteiger partial charge in [0, 0.05) is 12.8 Å². The number of aliphatic hydroxyl groups excluding tert-OH is 4. The molecule has 0 spiro atoms. The van der Waals surface area contributed by atoms with Crippen LogP contribution in [0.15, 0.2) is 0 Å². The lowest BCUT2D eigenvalue weighted by atomic mass is 10.0. The van der Waals surface area contributed by atoms with Crippen LogP contribution in [0, 0.1) is 0 Å². The molecule has 1 fully saturated rings. The van der Waals surface area contributed by atoms with Gasteiger partial charge in [0.1, 0.15) is 24.9 Å². The molecule has 0 radical (unpaired) electrons. The lowest BCUT2D eigenvalue weighted by Crippen LogP contribution is -2.53. The maximum atomic E-state index is 9.92. The highest BCUT2D eigenvalue weighted by atomic mass is 16.4. The van der Waals surface area contributed by atoms with Crippen LogP contribution in [0.2, 0.25) is 0 Å². The van der Waals surface area contributed by atoms with Gasteiger partial charge in [0.05, 0.1) is 26.2 Å². The van der Waals surface area contributed by atoms with E-state index in [9.17, 15) is 20.4 Å². The topological polar surface area (TPSA) is 80.9 Å². The number of quaternary nitrogens is 1. The van der Waals surface area contributed by atoms with E-state index in [0.29, 0.717) is 13.0 Å². The maximum Gasteiger partial charge on any atom is 0.131 e. The summed E-state index contributed by atoms with van der Waals surface area (Å²) in [6.07, 6.45) is -1.89. The van der Waals surface area contributed by atoms with Gasteiger partial charge in [0.15, 0.2) is 0 Å². The molecule has 1 aliphatic heterocycles. The summed E-state index contributed by atoms with van der Waals surface area (Å²) in [6, 6.07) is 0. The van der Waals surface area contributed by atoms with Crippen molar-refractivity contribution in [1.29, 1.82) is 0 Å². The molecule has 4 atom stereocenters. The van der Waals surface area contributed by atoms with Gasteiger partial charge in [-0.3, -0.25) is 0 Å². The summed E-state index contributed by atoms with van der Waals surface area (Å²) in [5, 5.41) is 38.8. The largest absolute Gasteiger partial charge is 0.390 e. The first-order valence-corrected chi connectivity index (χ1v) is 6.45. The van der Waals surface area contributed by atoms with Crippen LogP contribution < -0.4 is 0 Å². The third kappa shape index (κ3) is 3.89. The fourth-order valence-electron chi connectivity index (χ4n) is 2.54. The van der Waals surface area contributed by atoms with E-state index >= 15 is 0 Å². The standard InChI is InChI=1S/C12H26NO4/c1-3-9(14)11(16)12(17)10(15)8-13(2)6-4-5-7-13/h9-12,14-17H,3-8H2,1-2H3/q+1. The fraction of sp³-hybridized carbons (Fsp3) is 1.00. The van der Waals surface area contributed by atoms with E-state index in [-0.39, 0.29) is 0 Å². The molecule has 0 aliphatic carbocycles. The highest BCUT2D eigenvalue weighted by molar-refractivity contribution is 4.80. The Hall–Kier alpha value is -0.200. The summed E-state index contributed by atoms with van der Waals surface area (Å²) in [7, 11) is 2.05. The van der Waals surface area contributed by atoms with Crippen LogP contribution in [0.25, 0.3) is 0 Å². The first-order valence-electron chi connectivity index (χ1n) is 6.45. The summed E-state index contributed by atoms with van der Waals surface area (Å²) < 4.78 is 0.729. The average molecular weight is 248 g/mol. The molecule has 0 aromatic carbocycles. The molecule has 5 nitrogen and oxygen atoms in total. The number of likely N-dealkylation sites (tertiary alicyclic amines) is 1. The van der Waals surface area contributed by atoms with E-state index in [4.69, 9.17) is 0 Å². The molecule has 0 aromatic rings. The number of hydrogen-bond acceptors (Lipinski definition) is 4. The molecule has 0 aromatic heterocycles. The van der Waals surface area contributed by atoms with Gasteiger partial charge in [-0.05, 0) is 6.42 Å². The molecule has 0 bridgehead atoms. The number of aliphatic hydroxyl groups is 4. The second kappa shape index (κ2) is 6.11. The zero-order valence-electron chi connectivity index (χ0n) is 10.8. The van der Waals surface area contributed by atoms with Gasteiger partial charge in [-0.2, -0.15) is 0 Å². The van der Waals surface area contributed by atoms with Crippen molar-refractivity contribution in [2.24, 2.45) is 0 Å². The monoisotopic (exact) mass is 248 g/mol. The summed E-state index contributed by atoms with van der Waals surface area (Å²) in [5.41, 5.74) is 0. The smallest absolute Gasteiger partial charge is 0.131 e. The number of likely N-dealkylation sites (N-methyl/N-ethyl adjacent to an activating group) is 1. The number of rotatable bonds is 6. The van der Waals surface area contributed by atoms with E-state index in [1.54, 1.807) is 6.92 Å². The van der Waals surface area contributed by atoms with E-state index in [1.807, 2.05) is 7.05 Å². The fourth-order valence-corrected chi connectivity index (χ4v) is 2.54. The van der Waals surface area contributed by atoms with Crippen LogP contribution in [-0.2, 0) is 0 Å². The van der Waals surface area contributed by atoms with Gasteiger partial charge < -0.3 is 24.9 Å². The van der Waals surface area contributed by atoms with E-state index in [1.165, 1.54) is 0 Å². The van der Waals surface area contributed by atoms with Crippen molar-refractivity contribution < 1.29 is 24.9 Å². The first kappa shape index (κ1) is 14.9. The molecular weight excluding hydrogens is 222 g/mol. The van der Waals surface area contributed by atoms with Crippen molar-refractivity contribution in [3.8, 4) is 0 Å². The molecule has 17 heavy (non-hydrogen) atoms. The molecule has 1 aliphatic rings.